The van der Waals surface area contributed by atoms with Crippen LogP contribution in [0.1, 0.15) is 39.0 Å². The van der Waals surface area contributed by atoms with Crippen molar-refractivity contribution in [2.75, 3.05) is 0 Å². The van der Waals surface area contributed by atoms with Crippen LogP contribution in [0.2, 0.25) is 0 Å². The Morgan fingerprint density at radius 1 is 1.56 bits per heavy atom. The predicted octanol–water partition coefficient (Wildman–Crippen LogP) is 1.11. The summed E-state index contributed by atoms with van der Waals surface area (Å²) in [5.41, 5.74) is 5.23. The highest BCUT2D eigenvalue weighted by Gasteiger charge is 2.22. The Morgan fingerprint density at radius 2 is 2.31 bits per heavy atom. The maximum atomic E-state index is 11.8. The third-order valence-corrected chi connectivity index (χ3v) is 2.83. The Bertz CT molecular complexity index is 287. The van der Waals surface area contributed by atoms with Crippen LogP contribution in [0.5, 0.6) is 0 Å². The van der Waals surface area contributed by atoms with Crippen molar-refractivity contribution in [2.45, 2.75) is 45.1 Å². The SMILES string of the molecule is CCCC(NC(=O)C1C=CCCC1)C(N)=O. The molecule has 1 aliphatic rings. The van der Waals surface area contributed by atoms with Crippen LogP contribution in [0.3, 0.4) is 0 Å². The highest BCUT2D eigenvalue weighted by Crippen LogP contribution is 2.17. The van der Waals surface area contributed by atoms with E-state index in [1.165, 1.54) is 0 Å². The summed E-state index contributed by atoms with van der Waals surface area (Å²) in [6.07, 6.45) is 8.31. The van der Waals surface area contributed by atoms with Gasteiger partial charge in [-0.1, -0.05) is 25.5 Å². The van der Waals surface area contributed by atoms with Gasteiger partial charge in [-0.3, -0.25) is 9.59 Å². The van der Waals surface area contributed by atoms with E-state index in [1.54, 1.807) is 0 Å². The normalized spacial score (nSPS) is 21.4. The number of primary amides is 1. The molecule has 4 nitrogen and oxygen atoms in total. The van der Waals surface area contributed by atoms with E-state index >= 15 is 0 Å². The van der Waals surface area contributed by atoms with Gasteiger partial charge in [0.25, 0.3) is 0 Å². The first-order valence-electron chi connectivity index (χ1n) is 5.91. The van der Waals surface area contributed by atoms with Crippen LogP contribution in [0.15, 0.2) is 12.2 Å². The summed E-state index contributed by atoms with van der Waals surface area (Å²) in [5, 5.41) is 2.72. The van der Waals surface area contributed by atoms with Crippen LogP contribution in [0.4, 0.5) is 0 Å². The molecule has 1 aliphatic carbocycles. The molecule has 0 heterocycles. The Balaban J connectivity index is 2.50. The molecule has 2 amide bonds. The summed E-state index contributed by atoms with van der Waals surface area (Å²) in [5.74, 6) is -0.615. The van der Waals surface area contributed by atoms with E-state index in [2.05, 4.69) is 5.32 Å². The summed E-state index contributed by atoms with van der Waals surface area (Å²) in [4.78, 5) is 22.9. The lowest BCUT2D eigenvalue weighted by atomic mass is 9.94. The van der Waals surface area contributed by atoms with Gasteiger partial charge < -0.3 is 11.1 Å². The third-order valence-electron chi connectivity index (χ3n) is 2.83. The number of amides is 2. The number of hydrogen-bond donors (Lipinski definition) is 2. The fourth-order valence-corrected chi connectivity index (χ4v) is 1.88. The van der Waals surface area contributed by atoms with Crippen LogP contribution >= 0.6 is 0 Å². The lowest BCUT2D eigenvalue weighted by Crippen LogP contribution is -2.46. The van der Waals surface area contributed by atoms with Gasteiger partial charge in [0.15, 0.2) is 0 Å². The van der Waals surface area contributed by atoms with Crippen molar-refractivity contribution in [2.24, 2.45) is 11.7 Å². The van der Waals surface area contributed by atoms with Gasteiger partial charge >= 0.3 is 0 Å². The predicted molar refractivity (Wildman–Crippen MR) is 62.5 cm³/mol. The first kappa shape index (κ1) is 12.7. The van der Waals surface area contributed by atoms with Crippen molar-refractivity contribution in [1.29, 1.82) is 0 Å². The van der Waals surface area contributed by atoms with Gasteiger partial charge in [-0.2, -0.15) is 0 Å². The summed E-state index contributed by atoms with van der Waals surface area (Å²) < 4.78 is 0. The Hall–Kier alpha value is -1.32. The van der Waals surface area contributed by atoms with Gasteiger partial charge in [0, 0.05) is 0 Å². The van der Waals surface area contributed by atoms with Crippen molar-refractivity contribution < 1.29 is 9.59 Å². The number of allylic oxidation sites excluding steroid dienone is 1. The molecule has 0 spiro atoms. The number of rotatable bonds is 5. The van der Waals surface area contributed by atoms with Crippen molar-refractivity contribution >= 4 is 11.8 Å². The summed E-state index contributed by atoms with van der Waals surface area (Å²) in [6.45, 7) is 1.96. The first-order valence-corrected chi connectivity index (χ1v) is 5.91. The molecule has 2 atom stereocenters. The lowest BCUT2D eigenvalue weighted by molar-refractivity contribution is -0.129. The largest absolute Gasteiger partial charge is 0.368 e. The smallest absolute Gasteiger partial charge is 0.239 e. The number of carbonyl (C=O) groups is 2. The standard InChI is InChI=1S/C12H20N2O2/c1-2-6-10(11(13)15)14-12(16)9-7-4-3-5-8-9/h4,7,9-10H,2-3,5-6,8H2,1H3,(H2,13,15)(H,14,16). The number of hydrogen-bond acceptors (Lipinski definition) is 2. The minimum atomic E-state index is -0.521. The Morgan fingerprint density at radius 3 is 2.81 bits per heavy atom. The van der Waals surface area contributed by atoms with Gasteiger partial charge in [0.05, 0.1) is 5.92 Å². The zero-order valence-corrected chi connectivity index (χ0v) is 9.74. The van der Waals surface area contributed by atoms with Crippen molar-refractivity contribution in [3.8, 4) is 0 Å². The van der Waals surface area contributed by atoms with Crippen LogP contribution in [0, 0.1) is 5.92 Å². The minimum Gasteiger partial charge on any atom is -0.368 e. The topological polar surface area (TPSA) is 72.2 Å². The summed E-state index contributed by atoms with van der Waals surface area (Å²) in [7, 11) is 0. The van der Waals surface area contributed by atoms with E-state index in [0.717, 1.165) is 25.7 Å². The minimum absolute atomic E-state index is 0.0757. The van der Waals surface area contributed by atoms with E-state index < -0.39 is 11.9 Å². The molecule has 2 unspecified atom stereocenters. The molecule has 0 saturated heterocycles. The molecular formula is C12H20N2O2. The van der Waals surface area contributed by atoms with Crippen LogP contribution in [-0.2, 0) is 9.59 Å². The van der Waals surface area contributed by atoms with Crippen LogP contribution in [0.25, 0.3) is 0 Å². The molecule has 0 aromatic rings. The monoisotopic (exact) mass is 224 g/mol. The second-order valence-corrected chi connectivity index (χ2v) is 4.22. The fraction of sp³-hybridized carbons (Fsp3) is 0.667. The van der Waals surface area contributed by atoms with Gasteiger partial charge in [0.2, 0.25) is 11.8 Å². The lowest BCUT2D eigenvalue weighted by Gasteiger charge is -2.20. The Labute approximate surface area is 96.3 Å². The molecule has 0 aromatic heterocycles. The van der Waals surface area contributed by atoms with Gasteiger partial charge in [-0.25, -0.2) is 0 Å². The molecule has 1 rings (SSSR count). The van der Waals surface area contributed by atoms with E-state index in [9.17, 15) is 9.59 Å². The maximum Gasteiger partial charge on any atom is 0.239 e. The first-order chi connectivity index (χ1) is 7.65. The van der Waals surface area contributed by atoms with Gasteiger partial charge in [0.1, 0.15) is 6.04 Å². The highest BCUT2D eigenvalue weighted by atomic mass is 16.2. The van der Waals surface area contributed by atoms with E-state index in [1.807, 2.05) is 19.1 Å². The number of carbonyl (C=O) groups excluding carboxylic acids is 2. The van der Waals surface area contributed by atoms with Gasteiger partial charge in [-0.15, -0.1) is 0 Å². The molecule has 90 valence electrons. The van der Waals surface area contributed by atoms with E-state index in [0.29, 0.717) is 6.42 Å². The second kappa shape index (κ2) is 6.30. The van der Waals surface area contributed by atoms with Crippen LogP contribution < -0.4 is 11.1 Å². The molecule has 4 heteroatoms. The molecular weight excluding hydrogens is 204 g/mol. The zero-order valence-electron chi connectivity index (χ0n) is 9.74. The summed E-state index contributed by atoms with van der Waals surface area (Å²) in [6, 6.07) is -0.521. The van der Waals surface area contributed by atoms with Crippen LogP contribution in [-0.4, -0.2) is 17.9 Å². The average Bonchev–Trinajstić information content (AvgIpc) is 2.29. The van der Waals surface area contributed by atoms with Crippen molar-refractivity contribution in [3.05, 3.63) is 12.2 Å². The van der Waals surface area contributed by atoms with Crippen molar-refractivity contribution in [1.82, 2.24) is 5.32 Å². The fourth-order valence-electron chi connectivity index (χ4n) is 1.88. The molecule has 16 heavy (non-hydrogen) atoms. The van der Waals surface area contributed by atoms with Crippen molar-refractivity contribution in [3.63, 3.8) is 0 Å². The molecule has 0 saturated carbocycles. The second-order valence-electron chi connectivity index (χ2n) is 4.22. The summed E-state index contributed by atoms with van der Waals surface area (Å²) >= 11 is 0. The number of nitrogens with one attached hydrogen (secondary N) is 1. The number of nitrogens with two attached hydrogens (primary N) is 1. The Kier molecular flexibility index (Phi) is 5.02. The molecule has 0 radical (unpaired) electrons. The third kappa shape index (κ3) is 3.68. The average molecular weight is 224 g/mol. The molecule has 0 fully saturated rings. The zero-order chi connectivity index (χ0) is 12.0. The molecule has 0 aromatic carbocycles. The molecule has 3 N–H and O–H groups in total. The van der Waals surface area contributed by atoms with E-state index in [4.69, 9.17) is 5.73 Å². The van der Waals surface area contributed by atoms with Gasteiger partial charge in [-0.05, 0) is 25.7 Å². The molecule has 0 bridgehead atoms. The molecule has 0 aliphatic heterocycles. The quantitative estimate of drug-likeness (QED) is 0.687. The van der Waals surface area contributed by atoms with E-state index in [-0.39, 0.29) is 11.8 Å². The maximum absolute atomic E-state index is 11.8. The highest BCUT2D eigenvalue weighted by molar-refractivity contribution is 5.88.